The summed E-state index contributed by atoms with van der Waals surface area (Å²) < 4.78 is 40.0. The number of hydrogen-bond donors (Lipinski definition) is 2. The molecule has 2 aromatic rings. The quantitative estimate of drug-likeness (QED) is 0.833. The van der Waals surface area contributed by atoms with Crippen LogP contribution in [-0.4, -0.2) is 46.2 Å². The molecule has 1 fully saturated rings. The van der Waals surface area contributed by atoms with Crippen molar-refractivity contribution in [3.05, 3.63) is 36.3 Å². The monoisotopic (exact) mass is 394 g/mol. The Labute approximate surface area is 160 Å². The average molecular weight is 394 g/mol. The molecule has 1 unspecified atom stereocenters. The summed E-state index contributed by atoms with van der Waals surface area (Å²) in [5.74, 6) is 0.170. The lowest BCUT2D eigenvalue weighted by Crippen LogP contribution is -2.45. The largest absolute Gasteiger partial charge is 0.433 e. The van der Waals surface area contributed by atoms with Crippen molar-refractivity contribution in [1.29, 1.82) is 0 Å². The van der Waals surface area contributed by atoms with Crippen molar-refractivity contribution < 1.29 is 18.0 Å². The molecule has 3 rings (SSSR count). The van der Waals surface area contributed by atoms with E-state index in [2.05, 4.69) is 25.6 Å². The number of carbonyl (C=O) groups excluding carboxylic acids is 1. The standard InChI is InChI=1S/C18H21F3N6O/c1-11(2)23-17(28)24-13-5-8-27(10-13)15-9-14(18(19,20)21)25-16(26-15)12-3-6-22-7-4-12/h3-4,6-7,9,11,13H,5,8,10H2,1-2H3,(H2,23,24,28). The number of alkyl halides is 3. The molecule has 2 N–H and O–H groups in total. The summed E-state index contributed by atoms with van der Waals surface area (Å²) in [4.78, 5) is 25.4. The Morgan fingerprint density at radius 3 is 2.61 bits per heavy atom. The lowest BCUT2D eigenvalue weighted by molar-refractivity contribution is -0.141. The van der Waals surface area contributed by atoms with E-state index < -0.39 is 11.9 Å². The fourth-order valence-corrected chi connectivity index (χ4v) is 2.95. The smallest absolute Gasteiger partial charge is 0.354 e. The van der Waals surface area contributed by atoms with Gasteiger partial charge in [-0.1, -0.05) is 0 Å². The van der Waals surface area contributed by atoms with Crippen molar-refractivity contribution in [3.63, 3.8) is 0 Å². The van der Waals surface area contributed by atoms with Gasteiger partial charge in [0.05, 0.1) is 0 Å². The maximum atomic E-state index is 13.3. The Morgan fingerprint density at radius 1 is 1.25 bits per heavy atom. The van der Waals surface area contributed by atoms with E-state index in [1.54, 1.807) is 17.0 Å². The van der Waals surface area contributed by atoms with Crippen LogP contribution in [0.25, 0.3) is 11.4 Å². The molecule has 7 nitrogen and oxygen atoms in total. The van der Waals surface area contributed by atoms with Crippen LogP contribution in [0.3, 0.4) is 0 Å². The molecular formula is C18H21F3N6O. The van der Waals surface area contributed by atoms with Gasteiger partial charge in [-0.2, -0.15) is 13.2 Å². The van der Waals surface area contributed by atoms with E-state index in [9.17, 15) is 18.0 Å². The van der Waals surface area contributed by atoms with E-state index in [1.807, 2.05) is 13.8 Å². The minimum Gasteiger partial charge on any atom is -0.354 e. The van der Waals surface area contributed by atoms with Crippen LogP contribution in [0.2, 0.25) is 0 Å². The number of rotatable bonds is 4. The third-order valence-corrected chi connectivity index (χ3v) is 4.21. The molecule has 1 saturated heterocycles. The Kier molecular flexibility index (Phi) is 5.66. The first kappa shape index (κ1) is 19.8. The van der Waals surface area contributed by atoms with Crippen LogP contribution >= 0.6 is 0 Å². The lowest BCUT2D eigenvalue weighted by Gasteiger charge is -2.20. The van der Waals surface area contributed by atoms with Gasteiger partial charge in [0.15, 0.2) is 11.5 Å². The third kappa shape index (κ3) is 4.87. The summed E-state index contributed by atoms with van der Waals surface area (Å²) >= 11 is 0. The van der Waals surface area contributed by atoms with Gasteiger partial charge in [0.25, 0.3) is 0 Å². The SMILES string of the molecule is CC(C)NC(=O)NC1CCN(c2cc(C(F)(F)F)nc(-c3ccncc3)n2)C1. The molecule has 28 heavy (non-hydrogen) atoms. The summed E-state index contributed by atoms with van der Waals surface area (Å²) in [7, 11) is 0. The van der Waals surface area contributed by atoms with Crippen LogP contribution in [0.5, 0.6) is 0 Å². The number of anilines is 1. The summed E-state index contributed by atoms with van der Waals surface area (Å²) in [6.45, 7) is 4.55. The zero-order valence-electron chi connectivity index (χ0n) is 15.5. The Hall–Kier alpha value is -2.91. The number of nitrogens with one attached hydrogen (secondary N) is 2. The number of hydrogen-bond acceptors (Lipinski definition) is 5. The normalized spacial score (nSPS) is 17.1. The summed E-state index contributed by atoms with van der Waals surface area (Å²) in [6.07, 6.45) is -1.03. The molecule has 1 atom stereocenters. The number of carbonyl (C=O) groups is 1. The summed E-state index contributed by atoms with van der Waals surface area (Å²) in [6, 6.07) is 3.59. The number of nitrogens with zero attached hydrogens (tertiary/aromatic N) is 4. The first-order valence-corrected chi connectivity index (χ1v) is 8.91. The Morgan fingerprint density at radius 2 is 1.96 bits per heavy atom. The average Bonchev–Trinajstić information content (AvgIpc) is 3.09. The molecule has 0 spiro atoms. The number of aromatic nitrogens is 3. The zero-order valence-corrected chi connectivity index (χ0v) is 15.5. The highest BCUT2D eigenvalue weighted by molar-refractivity contribution is 5.74. The molecule has 10 heteroatoms. The molecule has 3 heterocycles. The highest BCUT2D eigenvalue weighted by Crippen LogP contribution is 2.32. The van der Waals surface area contributed by atoms with Crippen molar-refractivity contribution in [2.45, 2.75) is 38.5 Å². The fraction of sp³-hybridized carbons (Fsp3) is 0.444. The van der Waals surface area contributed by atoms with E-state index in [0.717, 1.165) is 6.07 Å². The predicted octanol–water partition coefficient (Wildman–Crippen LogP) is 2.84. The van der Waals surface area contributed by atoms with Gasteiger partial charge in [-0.3, -0.25) is 4.98 Å². The highest BCUT2D eigenvalue weighted by Gasteiger charge is 2.35. The minimum absolute atomic E-state index is 0.00312. The second kappa shape index (κ2) is 7.99. The first-order valence-electron chi connectivity index (χ1n) is 8.91. The molecule has 2 aromatic heterocycles. The first-order chi connectivity index (χ1) is 13.2. The van der Waals surface area contributed by atoms with Crippen LogP contribution in [0, 0.1) is 0 Å². The van der Waals surface area contributed by atoms with Gasteiger partial charge in [-0.25, -0.2) is 14.8 Å². The lowest BCUT2D eigenvalue weighted by atomic mass is 10.2. The molecule has 0 aliphatic carbocycles. The molecule has 0 saturated carbocycles. The summed E-state index contributed by atoms with van der Waals surface area (Å²) in [5, 5.41) is 5.57. The van der Waals surface area contributed by atoms with E-state index in [4.69, 9.17) is 0 Å². The van der Waals surface area contributed by atoms with Crippen molar-refractivity contribution in [2.24, 2.45) is 0 Å². The van der Waals surface area contributed by atoms with E-state index in [-0.39, 0.29) is 29.8 Å². The van der Waals surface area contributed by atoms with Gasteiger partial charge in [0.1, 0.15) is 5.82 Å². The van der Waals surface area contributed by atoms with Gasteiger partial charge in [-0.05, 0) is 32.4 Å². The predicted molar refractivity (Wildman–Crippen MR) is 97.7 cm³/mol. The number of amides is 2. The van der Waals surface area contributed by atoms with Crippen molar-refractivity contribution in [3.8, 4) is 11.4 Å². The number of halogens is 3. The topological polar surface area (TPSA) is 83.0 Å². The fourth-order valence-electron chi connectivity index (χ4n) is 2.95. The van der Waals surface area contributed by atoms with Crippen molar-refractivity contribution >= 4 is 11.8 Å². The third-order valence-electron chi connectivity index (χ3n) is 4.21. The van der Waals surface area contributed by atoms with Crippen LogP contribution in [-0.2, 0) is 6.18 Å². The van der Waals surface area contributed by atoms with Crippen LogP contribution in [0.15, 0.2) is 30.6 Å². The molecule has 150 valence electrons. The van der Waals surface area contributed by atoms with Crippen LogP contribution < -0.4 is 15.5 Å². The molecule has 2 amide bonds. The van der Waals surface area contributed by atoms with Crippen LogP contribution in [0.4, 0.5) is 23.8 Å². The maximum absolute atomic E-state index is 13.3. The Bertz CT molecular complexity index is 828. The van der Waals surface area contributed by atoms with E-state index in [1.165, 1.54) is 12.4 Å². The number of urea groups is 1. The minimum atomic E-state index is -4.59. The molecule has 1 aliphatic heterocycles. The van der Waals surface area contributed by atoms with Crippen molar-refractivity contribution in [1.82, 2.24) is 25.6 Å². The van der Waals surface area contributed by atoms with Crippen LogP contribution in [0.1, 0.15) is 26.0 Å². The summed E-state index contributed by atoms with van der Waals surface area (Å²) in [5.41, 5.74) is -0.550. The molecule has 0 radical (unpaired) electrons. The van der Waals surface area contributed by atoms with E-state index in [0.29, 0.717) is 25.1 Å². The van der Waals surface area contributed by atoms with Gasteiger partial charge >= 0.3 is 12.2 Å². The van der Waals surface area contributed by atoms with Gasteiger partial charge < -0.3 is 15.5 Å². The maximum Gasteiger partial charge on any atom is 0.433 e. The van der Waals surface area contributed by atoms with Crippen molar-refractivity contribution in [2.75, 3.05) is 18.0 Å². The Balaban J connectivity index is 1.83. The van der Waals surface area contributed by atoms with Gasteiger partial charge in [0.2, 0.25) is 0 Å². The van der Waals surface area contributed by atoms with Gasteiger partial charge in [-0.15, -0.1) is 0 Å². The molecule has 0 aromatic carbocycles. The van der Waals surface area contributed by atoms with E-state index >= 15 is 0 Å². The second-order valence-corrected chi connectivity index (χ2v) is 6.87. The van der Waals surface area contributed by atoms with Gasteiger partial charge in [0, 0.05) is 49.2 Å². The molecule has 1 aliphatic rings. The highest BCUT2D eigenvalue weighted by atomic mass is 19.4. The second-order valence-electron chi connectivity index (χ2n) is 6.87. The zero-order chi connectivity index (χ0) is 20.3. The number of pyridine rings is 1. The molecule has 0 bridgehead atoms. The molecular weight excluding hydrogens is 373 g/mol.